The van der Waals surface area contributed by atoms with Crippen molar-refractivity contribution < 1.29 is 45.5 Å². The monoisotopic (exact) mass is 1700 g/mol. The summed E-state index contributed by atoms with van der Waals surface area (Å²) in [5.41, 5.74) is 18.5. The Kier molecular flexibility index (Phi) is 23.3. The van der Waals surface area contributed by atoms with Crippen LogP contribution in [0.15, 0.2) is 285 Å². The summed E-state index contributed by atoms with van der Waals surface area (Å²) in [5.74, 6) is -2.95. The standard InChI is InChI=1S/C76H66F2N8O6.C20H10Br2F2N2/c1-75(2,3)55-27-15-51(16-28-55)71-81-83-73(91-71)53-23-39-61(40-24-53)85(57-31-9-47(10-32-57)13-43-67(87)89-7)59-35-19-49(20-36-59)69-70(80-66-46-64(78)63(77)45-65(66)79-69)50-21-37-60(38-22-50)86(58-33-11-48(12-34-58)14-44-68(88)90-8)62-41-25-54(26-42-62)74-84-82-72(92-74)52-17-29-56(30-18-52)76(4,5)6;21-13-5-1-11(2-6-13)19-20(12-3-7-14(22)8-4-12)26-18-10-16(24)15(23)9-17(18)25-19/h9-12,15-42,45-46H,13-14,43-44H2,1-8H3;1-10H. The number of nitrogens with zero attached hydrogens (tertiary/aromatic N) is 10. The Balaban J connectivity index is 0.000000353. The molecule has 16 rings (SSSR count). The minimum absolute atomic E-state index is 0.000444. The SMILES string of the molecule is COC(=O)CCc1ccc(N(c2ccc(-c3nnc(-c4ccc(C(C)(C)C)cc4)o3)cc2)c2ccc(-c3nc4cc(F)c(F)cc4nc3-c3ccc(N(c4ccc(CCC(=O)OC)cc4)c4ccc(-c5nnc(-c6ccc(C(C)(C)C)cc6)o5)cc4)cc3)cc2)cc1.Fc1cc2nc(-c3ccc(Br)cc3)c(-c3ccc(Br)cc3)nc2cc1F. The number of carbonyl (C=O) groups is 2. The number of ether oxygens (including phenoxy) is 2. The molecule has 4 aromatic heterocycles. The molecule has 0 radical (unpaired) electrons. The van der Waals surface area contributed by atoms with Gasteiger partial charge in [-0.25, -0.2) is 37.5 Å². The number of fused-ring (bicyclic) bond motifs is 2. The van der Waals surface area contributed by atoms with Crippen molar-refractivity contribution in [2.75, 3.05) is 24.0 Å². The van der Waals surface area contributed by atoms with Crippen LogP contribution in [0.5, 0.6) is 0 Å². The topological polar surface area (TPSA) is 188 Å². The summed E-state index contributed by atoms with van der Waals surface area (Å²) in [5, 5.41) is 17.6. The molecule has 16 nitrogen and oxygen atoms in total. The van der Waals surface area contributed by atoms with E-state index in [1.807, 2.05) is 218 Å². The molecule has 0 aliphatic carbocycles. The number of hydrogen-bond acceptors (Lipinski definition) is 16. The molecule has 0 bridgehead atoms. The van der Waals surface area contributed by atoms with Crippen LogP contribution in [-0.2, 0) is 42.7 Å². The molecule has 0 amide bonds. The lowest BCUT2D eigenvalue weighted by Gasteiger charge is -2.26. The third-order valence-corrected chi connectivity index (χ3v) is 21.2. The maximum atomic E-state index is 15.0. The Labute approximate surface area is 695 Å². The van der Waals surface area contributed by atoms with Gasteiger partial charge in [-0.1, -0.05) is 170 Å². The van der Waals surface area contributed by atoms with E-state index in [0.717, 1.165) is 112 Å². The quantitative estimate of drug-likeness (QED) is 0.0517. The van der Waals surface area contributed by atoms with E-state index < -0.39 is 23.3 Å². The third kappa shape index (κ3) is 18.1. The summed E-state index contributed by atoms with van der Waals surface area (Å²) < 4.78 is 81.5. The van der Waals surface area contributed by atoms with Crippen LogP contribution in [-0.4, -0.2) is 66.5 Å². The lowest BCUT2D eigenvalue weighted by molar-refractivity contribution is -0.141. The van der Waals surface area contributed by atoms with Crippen LogP contribution >= 0.6 is 31.9 Å². The molecule has 0 N–H and O–H groups in total. The number of benzene rings is 12. The van der Waals surface area contributed by atoms with Crippen molar-refractivity contribution >= 4 is 100.0 Å². The van der Waals surface area contributed by atoms with Gasteiger partial charge >= 0.3 is 11.9 Å². The molecule has 0 spiro atoms. The van der Waals surface area contributed by atoms with Gasteiger partial charge in [0.1, 0.15) is 0 Å². The average Bonchev–Trinajstić information content (AvgIpc) is 0.829. The van der Waals surface area contributed by atoms with E-state index >= 15 is 8.78 Å². The summed E-state index contributed by atoms with van der Waals surface area (Å²) in [6.45, 7) is 13.0. The number of halogens is 6. The van der Waals surface area contributed by atoms with Crippen LogP contribution < -0.4 is 9.80 Å². The van der Waals surface area contributed by atoms with Crippen LogP contribution in [0.4, 0.5) is 51.7 Å². The minimum Gasteiger partial charge on any atom is -0.469 e. The van der Waals surface area contributed by atoms with Gasteiger partial charge in [0, 0.05) is 125 Å². The highest BCUT2D eigenvalue weighted by molar-refractivity contribution is 9.10. The molecule has 12 aromatic carbocycles. The lowest BCUT2D eigenvalue weighted by atomic mass is 9.87. The second kappa shape index (κ2) is 34.3. The van der Waals surface area contributed by atoms with E-state index in [1.54, 1.807) is 0 Å². The first-order valence-electron chi connectivity index (χ1n) is 37.9. The fraction of sp³-hybridized carbons (Fsp3) is 0.146. The van der Waals surface area contributed by atoms with Crippen LogP contribution in [0, 0.1) is 23.3 Å². The number of aromatic nitrogens is 8. The molecular weight excluding hydrogens is 1620 g/mol. The first-order chi connectivity index (χ1) is 56.9. The van der Waals surface area contributed by atoms with Gasteiger partial charge in [0.2, 0.25) is 23.6 Å². The molecule has 0 aliphatic rings. The van der Waals surface area contributed by atoms with Gasteiger partial charge in [0.25, 0.3) is 0 Å². The Morgan fingerprint density at radius 3 is 0.763 bits per heavy atom. The number of anilines is 6. The zero-order valence-electron chi connectivity index (χ0n) is 65.4. The van der Waals surface area contributed by atoms with E-state index in [2.05, 4.69) is 138 Å². The highest BCUT2D eigenvalue weighted by Gasteiger charge is 2.25. The molecule has 0 saturated carbocycles. The number of carbonyl (C=O) groups excluding carboxylic acids is 2. The Morgan fingerprint density at radius 2 is 0.534 bits per heavy atom. The van der Waals surface area contributed by atoms with Crippen molar-refractivity contribution in [3.63, 3.8) is 0 Å². The number of methoxy groups -OCH3 is 2. The Hall–Kier alpha value is -13.2. The average molecular weight is 1700 g/mol. The van der Waals surface area contributed by atoms with E-state index in [9.17, 15) is 18.4 Å². The number of esters is 2. The fourth-order valence-electron chi connectivity index (χ4n) is 13.5. The van der Waals surface area contributed by atoms with Gasteiger partial charge in [0.15, 0.2) is 23.3 Å². The van der Waals surface area contributed by atoms with E-state index in [4.69, 9.17) is 28.3 Å². The van der Waals surface area contributed by atoms with Crippen molar-refractivity contribution in [2.45, 2.75) is 78.1 Å². The third-order valence-electron chi connectivity index (χ3n) is 20.1. The predicted octanol–water partition coefficient (Wildman–Crippen LogP) is 25.2. The normalized spacial score (nSPS) is 11.5. The molecular formula is C96H76Br2F4N10O6. The smallest absolute Gasteiger partial charge is 0.305 e. The fourth-order valence-corrected chi connectivity index (χ4v) is 14.0. The van der Waals surface area contributed by atoms with E-state index in [0.29, 0.717) is 81.3 Å². The second-order valence-corrected chi connectivity index (χ2v) is 32.0. The lowest BCUT2D eigenvalue weighted by Crippen LogP contribution is -2.10. The first kappa shape index (κ1) is 80.0. The van der Waals surface area contributed by atoms with Gasteiger partial charge in [-0.05, 0) is 192 Å². The zero-order valence-corrected chi connectivity index (χ0v) is 68.6. The molecule has 4 heterocycles. The van der Waals surface area contributed by atoms with Gasteiger partial charge in [0.05, 0.1) is 59.1 Å². The van der Waals surface area contributed by atoms with Crippen LogP contribution in [0.3, 0.4) is 0 Å². The predicted molar refractivity (Wildman–Crippen MR) is 461 cm³/mol. The molecule has 588 valence electrons. The van der Waals surface area contributed by atoms with Gasteiger partial charge in [-0.2, -0.15) is 0 Å². The van der Waals surface area contributed by atoms with Crippen LogP contribution in [0.25, 0.3) is 113 Å². The second-order valence-electron chi connectivity index (χ2n) is 30.2. The summed E-state index contributed by atoms with van der Waals surface area (Å²) in [7, 11) is 2.77. The highest BCUT2D eigenvalue weighted by Crippen LogP contribution is 2.43. The molecule has 0 unspecified atom stereocenters. The Morgan fingerprint density at radius 1 is 0.322 bits per heavy atom. The van der Waals surface area contributed by atoms with E-state index in [-0.39, 0.29) is 46.6 Å². The zero-order chi connectivity index (χ0) is 82.5. The molecule has 0 fully saturated rings. The minimum atomic E-state index is -1.04. The van der Waals surface area contributed by atoms with Crippen molar-refractivity contribution in [1.29, 1.82) is 0 Å². The van der Waals surface area contributed by atoms with Gasteiger partial charge in [-0.3, -0.25) is 9.59 Å². The number of hydrogen-bond donors (Lipinski definition) is 0. The molecule has 118 heavy (non-hydrogen) atoms. The number of rotatable bonds is 20. The molecule has 16 aromatic rings. The van der Waals surface area contributed by atoms with Crippen molar-refractivity contribution in [2.24, 2.45) is 0 Å². The summed E-state index contributed by atoms with van der Waals surface area (Å²) in [6, 6.07) is 83.1. The first-order valence-corrected chi connectivity index (χ1v) is 39.5. The molecule has 0 atom stereocenters. The van der Waals surface area contributed by atoms with Gasteiger partial charge in [-0.15, -0.1) is 20.4 Å². The molecule has 0 saturated heterocycles. The van der Waals surface area contributed by atoms with E-state index in [1.165, 1.54) is 25.3 Å². The summed E-state index contributed by atoms with van der Waals surface area (Å²) in [6.07, 6.45) is 1.52. The Bertz CT molecular complexity index is 5930. The van der Waals surface area contributed by atoms with Crippen molar-refractivity contribution in [1.82, 2.24) is 40.3 Å². The maximum absolute atomic E-state index is 15.0. The molecule has 0 aliphatic heterocycles. The van der Waals surface area contributed by atoms with Crippen molar-refractivity contribution in [3.8, 4) is 90.8 Å². The summed E-state index contributed by atoms with van der Waals surface area (Å²) in [4.78, 5) is 47.5. The highest BCUT2D eigenvalue weighted by atomic mass is 79.9. The number of aryl methyl sites for hydroxylation is 2. The largest absolute Gasteiger partial charge is 0.469 e. The molecule has 22 heteroatoms. The van der Waals surface area contributed by atoms with Crippen molar-refractivity contribution in [3.05, 3.63) is 321 Å². The maximum Gasteiger partial charge on any atom is 0.305 e. The van der Waals surface area contributed by atoms with Gasteiger partial charge < -0.3 is 28.1 Å². The van der Waals surface area contributed by atoms with Crippen LogP contribution in [0.2, 0.25) is 0 Å². The summed E-state index contributed by atoms with van der Waals surface area (Å²) >= 11 is 6.83. The van der Waals surface area contributed by atoms with Crippen LogP contribution in [0.1, 0.15) is 76.6 Å².